The van der Waals surface area contributed by atoms with Gasteiger partial charge in [0.25, 0.3) is 0 Å². The molecule has 1 amide bonds. The second-order valence-corrected chi connectivity index (χ2v) is 3.44. The lowest BCUT2D eigenvalue weighted by molar-refractivity contribution is -0.121. The van der Waals surface area contributed by atoms with Crippen molar-refractivity contribution in [2.75, 3.05) is 0 Å². The van der Waals surface area contributed by atoms with E-state index in [0.717, 1.165) is 5.56 Å². The topological polar surface area (TPSA) is 85.5 Å². The van der Waals surface area contributed by atoms with Crippen LogP contribution in [0.15, 0.2) is 23.3 Å². The number of phenolic OH excluding ortho intramolecular Hbond substituents is 1. The predicted molar refractivity (Wildman–Crippen MR) is 56.7 cm³/mol. The van der Waals surface area contributed by atoms with E-state index in [1.54, 1.807) is 6.07 Å². The van der Waals surface area contributed by atoms with Crippen LogP contribution >= 0.6 is 0 Å². The fourth-order valence-corrected chi connectivity index (χ4v) is 1.49. The number of hydrogen-bond acceptors (Lipinski definition) is 4. The number of hydrogen-bond donors (Lipinski definition) is 2. The molecule has 0 unspecified atom stereocenters. The molecule has 1 heterocycles. The summed E-state index contributed by atoms with van der Waals surface area (Å²) in [6.45, 7) is 0. The van der Waals surface area contributed by atoms with Crippen LogP contribution in [0.4, 0.5) is 0 Å². The van der Waals surface area contributed by atoms with E-state index in [1.165, 1.54) is 12.1 Å². The third kappa shape index (κ3) is 1.86. The quantitative estimate of drug-likeness (QED) is 0.729. The van der Waals surface area contributed by atoms with Gasteiger partial charge < -0.3 is 5.11 Å². The molecule has 0 saturated carbocycles. The molecule has 2 N–H and O–H groups in total. The second kappa shape index (κ2) is 4.03. The highest BCUT2D eigenvalue weighted by Crippen LogP contribution is 2.20. The van der Waals surface area contributed by atoms with Crippen molar-refractivity contribution < 1.29 is 9.90 Å². The minimum atomic E-state index is -0.110. The maximum atomic E-state index is 10.9. The van der Waals surface area contributed by atoms with Crippen LogP contribution in [-0.4, -0.2) is 16.7 Å². The predicted octanol–water partition coefficient (Wildman–Crippen LogP) is 0.878. The van der Waals surface area contributed by atoms with Gasteiger partial charge in [0.1, 0.15) is 11.8 Å². The van der Waals surface area contributed by atoms with Crippen LogP contribution < -0.4 is 5.43 Å². The molecular weight excluding hydrogens is 206 g/mol. The number of nitriles is 1. The van der Waals surface area contributed by atoms with Gasteiger partial charge in [0, 0.05) is 18.4 Å². The average Bonchev–Trinajstić information content (AvgIpc) is 2.30. The molecule has 5 heteroatoms. The highest BCUT2D eigenvalue weighted by atomic mass is 16.3. The van der Waals surface area contributed by atoms with Crippen LogP contribution in [-0.2, 0) is 4.79 Å². The molecular formula is C11H9N3O2. The summed E-state index contributed by atoms with van der Waals surface area (Å²) in [5.41, 5.74) is 4.03. The van der Waals surface area contributed by atoms with Crippen LogP contribution in [0, 0.1) is 11.3 Å². The monoisotopic (exact) mass is 215 g/mol. The molecule has 1 aliphatic heterocycles. The van der Waals surface area contributed by atoms with Gasteiger partial charge in [0.2, 0.25) is 5.91 Å². The van der Waals surface area contributed by atoms with Crippen molar-refractivity contribution in [3.63, 3.8) is 0 Å². The van der Waals surface area contributed by atoms with E-state index in [0.29, 0.717) is 18.6 Å². The summed E-state index contributed by atoms with van der Waals surface area (Å²) in [4.78, 5) is 10.9. The molecule has 1 aromatic carbocycles. The van der Waals surface area contributed by atoms with Crippen molar-refractivity contribution in [1.82, 2.24) is 5.43 Å². The van der Waals surface area contributed by atoms with E-state index in [4.69, 9.17) is 5.26 Å². The number of benzene rings is 1. The number of carbonyl (C=O) groups is 1. The number of amides is 1. The largest absolute Gasteiger partial charge is 0.507 e. The molecule has 80 valence electrons. The molecule has 0 bridgehead atoms. The standard InChI is InChI=1S/C11H9N3O2/c12-6-8-2-1-7(5-10(8)15)9-3-4-11(16)14-13-9/h1-2,5,15H,3-4H2,(H,14,16). The summed E-state index contributed by atoms with van der Waals surface area (Å²) in [5, 5.41) is 22.1. The highest BCUT2D eigenvalue weighted by Gasteiger charge is 2.14. The van der Waals surface area contributed by atoms with Crippen molar-refractivity contribution in [2.24, 2.45) is 5.10 Å². The molecule has 0 atom stereocenters. The van der Waals surface area contributed by atoms with Crippen LogP contribution in [0.1, 0.15) is 24.0 Å². The van der Waals surface area contributed by atoms with E-state index in [1.807, 2.05) is 6.07 Å². The van der Waals surface area contributed by atoms with E-state index in [2.05, 4.69) is 10.5 Å². The lowest BCUT2D eigenvalue weighted by Crippen LogP contribution is -2.25. The first-order chi connectivity index (χ1) is 7.70. The smallest absolute Gasteiger partial charge is 0.240 e. The summed E-state index contributed by atoms with van der Waals surface area (Å²) in [6, 6.07) is 6.59. The van der Waals surface area contributed by atoms with Gasteiger partial charge in [-0.1, -0.05) is 6.07 Å². The number of aromatic hydroxyl groups is 1. The Morgan fingerprint density at radius 2 is 2.25 bits per heavy atom. The van der Waals surface area contributed by atoms with E-state index in [9.17, 15) is 9.90 Å². The van der Waals surface area contributed by atoms with Gasteiger partial charge in [-0.25, -0.2) is 5.43 Å². The number of carbonyl (C=O) groups excluding carboxylic acids is 1. The van der Waals surface area contributed by atoms with E-state index >= 15 is 0 Å². The molecule has 0 aliphatic carbocycles. The molecule has 0 radical (unpaired) electrons. The minimum absolute atomic E-state index is 0.0698. The molecule has 1 aromatic rings. The van der Waals surface area contributed by atoms with E-state index in [-0.39, 0.29) is 17.2 Å². The van der Waals surface area contributed by atoms with Gasteiger partial charge in [-0.3, -0.25) is 4.79 Å². The molecule has 0 fully saturated rings. The zero-order chi connectivity index (χ0) is 11.5. The molecule has 0 saturated heterocycles. The summed E-state index contributed by atoms with van der Waals surface area (Å²) < 4.78 is 0. The Hall–Kier alpha value is -2.35. The molecule has 1 aliphatic rings. The summed E-state index contributed by atoms with van der Waals surface area (Å²) in [5.74, 6) is -0.179. The van der Waals surface area contributed by atoms with Crippen LogP contribution in [0.3, 0.4) is 0 Å². The number of hydrazone groups is 1. The maximum absolute atomic E-state index is 10.9. The van der Waals surface area contributed by atoms with Gasteiger partial charge in [0.05, 0.1) is 11.3 Å². The fourth-order valence-electron chi connectivity index (χ4n) is 1.49. The van der Waals surface area contributed by atoms with E-state index < -0.39 is 0 Å². The van der Waals surface area contributed by atoms with Crippen LogP contribution in [0.25, 0.3) is 0 Å². The lowest BCUT2D eigenvalue weighted by atomic mass is 10.0. The fraction of sp³-hybridized carbons (Fsp3) is 0.182. The van der Waals surface area contributed by atoms with Crippen LogP contribution in [0.2, 0.25) is 0 Å². The third-order valence-electron chi connectivity index (χ3n) is 2.36. The Balaban J connectivity index is 2.32. The Bertz CT molecular complexity index is 514. The molecule has 5 nitrogen and oxygen atoms in total. The number of phenols is 1. The Labute approximate surface area is 92.0 Å². The number of rotatable bonds is 1. The first-order valence-corrected chi connectivity index (χ1v) is 4.79. The van der Waals surface area contributed by atoms with Gasteiger partial charge >= 0.3 is 0 Å². The highest BCUT2D eigenvalue weighted by molar-refractivity contribution is 6.04. The van der Waals surface area contributed by atoms with Gasteiger partial charge in [-0.15, -0.1) is 0 Å². The Kier molecular flexibility index (Phi) is 2.56. The Morgan fingerprint density at radius 1 is 1.44 bits per heavy atom. The zero-order valence-electron chi connectivity index (χ0n) is 8.40. The maximum Gasteiger partial charge on any atom is 0.240 e. The molecule has 0 spiro atoms. The van der Waals surface area contributed by atoms with Crippen molar-refractivity contribution >= 4 is 11.6 Å². The van der Waals surface area contributed by atoms with Crippen molar-refractivity contribution in [3.8, 4) is 11.8 Å². The van der Waals surface area contributed by atoms with Gasteiger partial charge in [-0.2, -0.15) is 10.4 Å². The third-order valence-corrected chi connectivity index (χ3v) is 2.36. The molecule has 0 aromatic heterocycles. The Morgan fingerprint density at radius 3 is 2.81 bits per heavy atom. The molecule has 16 heavy (non-hydrogen) atoms. The average molecular weight is 215 g/mol. The number of nitrogens with one attached hydrogen (secondary N) is 1. The first-order valence-electron chi connectivity index (χ1n) is 4.79. The van der Waals surface area contributed by atoms with Gasteiger partial charge in [-0.05, 0) is 12.1 Å². The first kappa shape index (κ1) is 10.2. The normalized spacial score (nSPS) is 14.9. The summed E-state index contributed by atoms with van der Waals surface area (Å²) in [6.07, 6.45) is 0.927. The van der Waals surface area contributed by atoms with Crippen molar-refractivity contribution in [3.05, 3.63) is 29.3 Å². The van der Waals surface area contributed by atoms with Crippen molar-refractivity contribution in [1.29, 1.82) is 5.26 Å². The van der Waals surface area contributed by atoms with Crippen molar-refractivity contribution in [2.45, 2.75) is 12.8 Å². The molecule has 2 rings (SSSR count). The number of nitrogens with zero attached hydrogens (tertiary/aromatic N) is 2. The minimum Gasteiger partial charge on any atom is -0.507 e. The zero-order valence-corrected chi connectivity index (χ0v) is 8.40. The summed E-state index contributed by atoms with van der Waals surface area (Å²) >= 11 is 0. The summed E-state index contributed by atoms with van der Waals surface area (Å²) in [7, 11) is 0. The SMILES string of the molecule is N#Cc1ccc(C2=NNC(=O)CC2)cc1O. The lowest BCUT2D eigenvalue weighted by Gasteiger charge is -2.12. The van der Waals surface area contributed by atoms with Crippen LogP contribution in [0.5, 0.6) is 5.75 Å². The van der Waals surface area contributed by atoms with Gasteiger partial charge in [0.15, 0.2) is 0 Å². The second-order valence-electron chi connectivity index (χ2n) is 3.44.